The van der Waals surface area contributed by atoms with E-state index in [1.165, 1.54) is 38.5 Å². The number of nitrogens with zero attached hydrogens (tertiary/aromatic N) is 1. The SMILES string of the molecule is COCCN(Cc1c(OC)ccc(F)c1F)c1ccc(F)c(N)c1. The van der Waals surface area contributed by atoms with Gasteiger partial charge in [-0.05, 0) is 30.3 Å². The molecule has 0 aliphatic heterocycles. The average Bonchev–Trinajstić information content (AvgIpc) is 2.58. The third-order valence-corrected chi connectivity index (χ3v) is 3.63. The van der Waals surface area contributed by atoms with Crippen LogP contribution in [0.4, 0.5) is 24.5 Å². The van der Waals surface area contributed by atoms with Crippen molar-refractivity contribution in [2.24, 2.45) is 0 Å². The molecule has 7 heteroatoms. The Kier molecular flexibility index (Phi) is 5.92. The highest BCUT2D eigenvalue weighted by atomic mass is 19.2. The van der Waals surface area contributed by atoms with Gasteiger partial charge in [-0.3, -0.25) is 0 Å². The van der Waals surface area contributed by atoms with Crippen LogP contribution in [0.5, 0.6) is 5.75 Å². The van der Waals surface area contributed by atoms with Crippen molar-refractivity contribution in [3.05, 3.63) is 53.3 Å². The van der Waals surface area contributed by atoms with Crippen molar-refractivity contribution < 1.29 is 22.6 Å². The van der Waals surface area contributed by atoms with Gasteiger partial charge in [-0.1, -0.05) is 0 Å². The molecule has 0 saturated carbocycles. The molecule has 2 aromatic rings. The Bertz CT molecular complexity index is 710. The molecule has 0 saturated heterocycles. The number of nitrogen functional groups attached to an aromatic ring is 1. The second-order valence-corrected chi connectivity index (χ2v) is 5.16. The largest absolute Gasteiger partial charge is 0.496 e. The number of anilines is 2. The van der Waals surface area contributed by atoms with Crippen molar-refractivity contribution in [1.82, 2.24) is 0 Å². The second kappa shape index (κ2) is 7.92. The first-order valence-electron chi connectivity index (χ1n) is 7.27. The van der Waals surface area contributed by atoms with Gasteiger partial charge in [0.05, 0.1) is 25.0 Å². The van der Waals surface area contributed by atoms with Crippen LogP contribution in [0, 0.1) is 17.5 Å². The van der Waals surface area contributed by atoms with Gasteiger partial charge in [0.15, 0.2) is 11.6 Å². The van der Waals surface area contributed by atoms with E-state index in [0.29, 0.717) is 18.8 Å². The fourth-order valence-corrected chi connectivity index (χ4v) is 2.33. The van der Waals surface area contributed by atoms with Crippen LogP contribution in [0.25, 0.3) is 0 Å². The van der Waals surface area contributed by atoms with Gasteiger partial charge in [-0.25, -0.2) is 13.2 Å². The summed E-state index contributed by atoms with van der Waals surface area (Å²) >= 11 is 0. The first-order valence-corrected chi connectivity index (χ1v) is 7.27. The normalized spacial score (nSPS) is 10.7. The molecule has 0 radical (unpaired) electrons. The van der Waals surface area contributed by atoms with Gasteiger partial charge in [0.1, 0.15) is 11.6 Å². The van der Waals surface area contributed by atoms with E-state index in [4.69, 9.17) is 15.2 Å². The van der Waals surface area contributed by atoms with E-state index in [1.807, 2.05) is 0 Å². The van der Waals surface area contributed by atoms with Gasteiger partial charge < -0.3 is 20.1 Å². The summed E-state index contributed by atoms with van der Waals surface area (Å²) in [6, 6.07) is 6.55. The molecule has 0 aliphatic rings. The fraction of sp³-hybridized carbons (Fsp3) is 0.294. The predicted octanol–water partition coefficient (Wildman–Crippen LogP) is 3.35. The van der Waals surface area contributed by atoms with E-state index in [9.17, 15) is 13.2 Å². The molecule has 2 rings (SSSR count). The maximum atomic E-state index is 14.2. The number of rotatable bonds is 7. The Morgan fingerprint density at radius 1 is 1.04 bits per heavy atom. The van der Waals surface area contributed by atoms with Gasteiger partial charge in [-0.2, -0.15) is 0 Å². The predicted molar refractivity (Wildman–Crippen MR) is 86.6 cm³/mol. The van der Waals surface area contributed by atoms with Crippen LogP contribution < -0.4 is 15.4 Å². The lowest BCUT2D eigenvalue weighted by atomic mass is 10.1. The van der Waals surface area contributed by atoms with Crippen LogP contribution in [0.1, 0.15) is 5.56 Å². The molecule has 0 fully saturated rings. The molecule has 0 aromatic heterocycles. The molecular weight excluding hydrogens is 321 g/mol. The minimum Gasteiger partial charge on any atom is -0.496 e. The highest BCUT2D eigenvalue weighted by molar-refractivity contribution is 5.57. The lowest BCUT2D eigenvalue weighted by Gasteiger charge is -2.26. The van der Waals surface area contributed by atoms with Gasteiger partial charge in [0.2, 0.25) is 0 Å². The first kappa shape index (κ1) is 17.9. The molecule has 4 nitrogen and oxygen atoms in total. The highest BCUT2D eigenvalue weighted by Crippen LogP contribution is 2.28. The number of benzene rings is 2. The average molecular weight is 340 g/mol. The molecule has 2 aromatic carbocycles. The van der Waals surface area contributed by atoms with E-state index >= 15 is 0 Å². The minimum absolute atomic E-state index is 0.0151. The fourth-order valence-electron chi connectivity index (χ4n) is 2.33. The molecule has 24 heavy (non-hydrogen) atoms. The van der Waals surface area contributed by atoms with Crippen LogP contribution in [0.3, 0.4) is 0 Å². The van der Waals surface area contributed by atoms with Crippen molar-refractivity contribution in [3.63, 3.8) is 0 Å². The summed E-state index contributed by atoms with van der Waals surface area (Å²) in [5.74, 6) is -2.26. The van der Waals surface area contributed by atoms with E-state index in [1.54, 1.807) is 4.90 Å². The van der Waals surface area contributed by atoms with Crippen molar-refractivity contribution in [1.29, 1.82) is 0 Å². The van der Waals surface area contributed by atoms with Gasteiger partial charge in [0.25, 0.3) is 0 Å². The Hall–Kier alpha value is -2.41. The smallest absolute Gasteiger partial charge is 0.167 e. The van der Waals surface area contributed by atoms with Crippen LogP contribution in [0.15, 0.2) is 30.3 Å². The number of halogens is 3. The lowest BCUT2D eigenvalue weighted by molar-refractivity contribution is 0.205. The van der Waals surface area contributed by atoms with Crippen LogP contribution in [-0.2, 0) is 11.3 Å². The van der Waals surface area contributed by atoms with Crippen LogP contribution >= 0.6 is 0 Å². The molecule has 0 spiro atoms. The summed E-state index contributed by atoms with van der Waals surface area (Å²) in [6.07, 6.45) is 0. The van der Waals surface area contributed by atoms with Crippen molar-refractivity contribution in [2.75, 3.05) is 38.0 Å². The Labute approximate surface area is 138 Å². The summed E-state index contributed by atoms with van der Waals surface area (Å²) < 4.78 is 51.3. The molecule has 0 atom stereocenters. The Balaban J connectivity index is 2.39. The van der Waals surface area contributed by atoms with Crippen LogP contribution in [0.2, 0.25) is 0 Å². The van der Waals surface area contributed by atoms with Gasteiger partial charge in [-0.15, -0.1) is 0 Å². The number of hydrogen-bond acceptors (Lipinski definition) is 4. The molecule has 130 valence electrons. The van der Waals surface area contributed by atoms with Crippen molar-refractivity contribution >= 4 is 11.4 Å². The zero-order valence-corrected chi connectivity index (χ0v) is 13.5. The molecule has 2 N–H and O–H groups in total. The minimum atomic E-state index is -0.980. The van der Waals surface area contributed by atoms with Gasteiger partial charge >= 0.3 is 0 Å². The maximum Gasteiger partial charge on any atom is 0.167 e. The topological polar surface area (TPSA) is 47.7 Å². The Morgan fingerprint density at radius 3 is 2.38 bits per heavy atom. The maximum absolute atomic E-state index is 14.2. The van der Waals surface area contributed by atoms with Crippen LogP contribution in [-0.4, -0.2) is 27.4 Å². The molecule has 0 unspecified atom stereocenters. The highest BCUT2D eigenvalue weighted by Gasteiger charge is 2.18. The summed E-state index contributed by atoms with van der Waals surface area (Å²) in [5, 5.41) is 0. The monoisotopic (exact) mass is 340 g/mol. The molecule has 0 bridgehead atoms. The van der Waals surface area contributed by atoms with E-state index in [-0.39, 0.29) is 23.5 Å². The van der Waals surface area contributed by atoms with E-state index < -0.39 is 17.5 Å². The summed E-state index contributed by atoms with van der Waals surface area (Å²) in [7, 11) is 2.91. The third-order valence-electron chi connectivity index (χ3n) is 3.63. The first-order chi connectivity index (χ1) is 11.5. The zero-order valence-electron chi connectivity index (χ0n) is 13.5. The summed E-state index contributed by atoms with van der Waals surface area (Å²) in [4.78, 5) is 1.71. The van der Waals surface area contributed by atoms with E-state index in [2.05, 4.69) is 0 Å². The molecule has 0 amide bonds. The number of hydrogen-bond donors (Lipinski definition) is 1. The summed E-state index contributed by atoms with van der Waals surface area (Å²) in [6.45, 7) is 0.735. The number of nitrogens with two attached hydrogens (primary N) is 1. The second-order valence-electron chi connectivity index (χ2n) is 5.16. The lowest BCUT2D eigenvalue weighted by Crippen LogP contribution is -2.27. The van der Waals surface area contributed by atoms with Gasteiger partial charge in [0, 0.05) is 25.9 Å². The third kappa shape index (κ3) is 3.91. The molecule has 0 aliphatic carbocycles. The quantitative estimate of drug-likeness (QED) is 0.786. The van der Waals surface area contributed by atoms with E-state index in [0.717, 1.165) is 6.07 Å². The molecule has 0 heterocycles. The standard InChI is InChI=1S/C17H19F3N2O2/c1-23-8-7-22(11-3-4-13(18)15(21)9-11)10-12-16(24-2)6-5-14(19)17(12)20/h3-6,9H,7-8,10,21H2,1-2H3. The Morgan fingerprint density at radius 2 is 1.75 bits per heavy atom. The van der Waals surface area contributed by atoms with Crippen molar-refractivity contribution in [3.8, 4) is 5.75 Å². The van der Waals surface area contributed by atoms with Crippen molar-refractivity contribution in [2.45, 2.75) is 6.54 Å². The zero-order chi connectivity index (χ0) is 17.7. The number of methoxy groups -OCH3 is 2. The molecular formula is C17H19F3N2O2. The number of ether oxygens (including phenoxy) is 2. The summed E-state index contributed by atoms with van der Waals surface area (Å²) in [5.41, 5.74) is 6.21.